The highest BCUT2D eigenvalue weighted by Crippen LogP contribution is 2.14. The molecule has 0 bridgehead atoms. The summed E-state index contributed by atoms with van der Waals surface area (Å²) in [5.74, 6) is -0.155. The first kappa shape index (κ1) is 12.1. The molecule has 1 aromatic heterocycles. The van der Waals surface area contributed by atoms with Crippen molar-refractivity contribution < 1.29 is 9.53 Å². The van der Waals surface area contributed by atoms with Crippen molar-refractivity contribution in [3.05, 3.63) is 58.9 Å². The molecule has 0 fully saturated rings. The maximum atomic E-state index is 11.7. The minimum absolute atomic E-state index is 0.309. The van der Waals surface area contributed by atoms with Crippen LogP contribution in [0.2, 0.25) is 5.15 Å². The average molecular weight is 259 g/mol. The summed E-state index contributed by atoms with van der Waals surface area (Å²) in [6.07, 6.45) is 1.34. The molecule has 0 aliphatic carbocycles. The van der Waals surface area contributed by atoms with Crippen LogP contribution in [0.1, 0.15) is 15.9 Å². The number of carbonyl (C=O) groups excluding carboxylic acids is 1. The molecule has 2 aromatic rings. The van der Waals surface area contributed by atoms with E-state index in [1.54, 1.807) is 24.3 Å². The molecule has 0 amide bonds. The molecule has 0 saturated carbocycles. The molecular weight excluding hydrogens is 252 g/mol. The normalized spacial score (nSPS) is 9.56. The average Bonchev–Trinajstić information content (AvgIpc) is 2.40. The lowest BCUT2D eigenvalue weighted by Gasteiger charge is -2.03. The fourth-order valence-corrected chi connectivity index (χ4v) is 1.37. The topological polar surface area (TPSA) is 63.0 Å². The predicted octanol–water partition coefficient (Wildman–Crippen LogP) is 2.83. The van der Waals surface area contributed by atoms with Crippen LogP contribution in [0.15, 0.2) is 42.6 Å². The largest absolute Gasteiger partial charge is 0.423 e. The van der Waals surface area contributed by atoms with E-state index in [1.807, 2.05) is 6.07 Å². The number of rotatable bonds is 2. The van der Waals surface area contributed by atoms with Crippen molar-refractivity contribution in [2.45, 2.75) is 0 Å². The van der Waals surface area contributed by atoms with E-state index >= 15 is 0 Å². The summed E-state index contributed by atoms with van der Waals surface area (Å²) in [6, 6.07) is 11.3. The van der Waals surface area contributed by atoms with Gasteiger partial charge in [-0.25, -0.2) is 9.78 Å². The first-order chi connectivity index (χ1) is 8.69. The lowest BCUT2D eigenvalue weighted by atomic mass is 10.2. The molecule has 0 spiro atoms. The van der Waals surface area contributed by atoms with Crippen LogP contribution in [-0.4, -0.2) is 11.0 Å². The molecule has 1 heterocycles. The Bertz CT molecular complexity index is 600. The van der Waals surface area contributed by atoms with Gasteiger partial charge in [0, 0.05) is 6.20 Å². The Morgan fingerprint density at radius 1 is 1.22 bits per heavy atom. The van der Waals surface area contributed by atoms with Gasteiger partial charge in [0.15, 0.2) is 0 Å². The second kappa shape index (κ2) is 5.30. The standard InChI is InChI=1S/C13H7ClN2O2/c14-12-6-3-10(8-16-12)13(17)18-11-4-1-9(7-15)2-5-11/h1-6,8H. The summed E-state index contributed by atoms with van der Waals surface area (Å²) < 4.78 is 5.11. The molecule has 0 N–H and O–H groups in total. The molecule has 0 radical (unpaired) electrons. The summed E-state index contributed by atoms with van der Waals surface area (Å²) in [4.78, 5) is 15.5. The van der Waals surface area contributed by atoms with Crippen molar-refractivity contribution in [1.29, 1.82) is 5.26 Å². The van der Waals surface area contributed by atoms with Crippen molar-refractivity contribution in [2.24, 2.45) is 0 Å². The number of hydrogen-bond acceptors (Lipinski definition) is 4. The fraction of sp³-hybridized carbons (Fsp3) is 0. The van der Waals surface area contributed by atoms with Gasteiger partial charge in [-0.3, -0.25) is 0 Å². The number of pyridine rings is 1. The lowest BCUT2D eigenvalue weighted by molar-refractivity contribution is 0.0734. The van der Waals surface area contributed by atoms with Gasteiger partial charge in [-0.15, -0.1) is 0 Å². The first-order valence-electron chi connectivity index (χ1n) is 5.03. The second-order valence-electron chi connectivity index (χ2n) is 3.40. The van der Waals surface area contributed by atoms with Gasteiger partial charge in [0.1, 0.15) is 10.9 Å². The summed E-state index contributed by atoms with van der Waals surface area (Å²) >= 11 is 5.62. The van der Waals surface area contributed by atoms with Crippen LogP contribution >= 0.6 is 11.6 Å². The van der Waals surface area contributed by atoms with Crippen LogP contribution < -0.4 is 4.74 Å². The Hall–Kier alpha value is -2.38. The third-order valence-electron chi connectivity index (χ3n) is 2.16. The zero-order valence-corrected chi connectivity index (χ0v) is 9.89. The zero-order valence-electron chi connectivity index (χ0n) is 9.13. The van der Waals surface area contributed by atoms with Crippen LogP contribution in [0, 0.1) is 11.3 Å². The second-order valence-corrected chi connectivity index (χ2v) is 3.78. The molecule has 5 heteroatoms. The van der Waals surface area contributed by atoms with Gasteiger partial charge in [-0.05, 0) is 36.4 Å². The van der Waals surface area contributed by atoms with Crippen molar-refractivity contribution in [3.8, 4) is 11.8 Å². The highest BCUT2D eigenvalue weighted by Gasteiger charge is 2.08. The Morgan fingerprint density at radius 2 is 1.94 bits per heavy atom. The molecule has 0 atom stereocenters. The zero-order chi connectivity index (χ0) is 13.0. The van der Waals surface area contributed by atoms with E-state index in [1.165, 1.54) is 18.3 Å². The number of hydrogen-bond donors (Lipinski definition) is 0. The summed E-state index contributed by atoms with van der Waals surface area (Å²) in [6.45, 7) is 0. The van der Waals surface area contributed by atoms with E-state index in [-0.39, 0.29) is 0 Å². The highest BCUT2D eigenvalue weighted by atomic mass is 35.5. The summed E-state index contributed by atoms with van der Waals surface area (Å²) in [5.41, 5.74) is 0.812. The number of ether oxygens (including phenoxy) is 1. The van der Waals surface area contributed by atoms with Gasteiger partial charge in [0.05, 0.1) is 17.2 Å². The van der Waals surface area contributed by atoms with Gasteiger partial charge in [-0.2, -0.15) is 5.26 Å². The Kier molecular flexibility index (Phi) is 3.56. The molecule has 0 unspecified atom stereocenters. The SMILES string of the molecule is N#Cc1ccc(OC(=O)c2ccc(Cl)nc2)cc1. The molecule has 0 saturated heterocycles. The Morgan fingerprint density at radius 3 is 2.50 bits per heavy atom. The van der Waals surface area contributed by atoms with Gasteiger partial charge in [-0.1, -0.05) is 11.6 Å². The minimum Gasteiger partial charge on any atom is -0.423 e. The number of nitriles is 1. The summed E-state index contributed by atoms with van der Waals surface area (Å²) in [5, 5.41) is 8.95. The van der Waals surface area contributed by atoms with Gasteiger partial charge in [0.2, 0.25) is 0 Å². The number of carbonyl (C=O) groups is 1. The molecule has 0 aliphatic rings. The number of benzene rings is 1. The third kappa shape index (κ3) is 2.84. The predicted molar refractivity (Wildman–Crippen MR) is 65.4 cm³/mol. The van der Waals surface area contributed by atoms with E-state index in [4.69, 9.17) is 21.6 Å². The van der Waals surface area contributed by atoms with E-state index in [9.17, 15) is 4.79 Å². The highest BCUT2D eigenvalue weighted by molar-refractivity contribution is 6.29. The van der Waals surface area contributed by atoms with Crippen LogP contribution in [0.4, 0.5) is 0 Å². The monoisotopic (exact) mass is 258 g/mol. The van der Waals surface area contributed by atoms with Crippen LogP contribution in [0.3, 0.4) is 0 Å². The van der Waals surface area contributed by atoms with Gasteiger partial charge < -0.3 is 4.74 Å². The van der Waals surface area contributed by atoms with Gasteiger partial charge >= 0.3 is 5.97 Å². The van der Waals surface area contributed by atoms with Crippen molar-refractivity contribution in [2.75, 3.05) is 0 Å². The number of halogens is 1. The van der Waals surface area contributed by atoms with Crippen LogP contribution in [0.25, 0.3) is 0 Å². The first-order valence-corrected chi connectivity index (χ1v) is 5.41. The maximum Gasteiger partial charge on any atom is 0.345 e. The minimum atomic E-state index is -0.524. The van der Waals surface area contributed by atoms with Crippen LogP contribution in [0.5, 0.6) is 5.75 Å². The quantitative estimate of drug-likeness (QED) is 0.472. The maximum absolute atomic E-state index is 11.7. The molecule has 1 aromatic carbocycles. The van der Waals surface area contributed by atoms with E-state index in [2.05, 4.69) is 4.98 Å². The van der Waals surface area contributed by atoms with E-state index in [0.717, 1.165) is 0 Å². The van der Waals surface area contributed by atoms with Crippen molar-refractivity contribution in [3.63, 3.8) is 0 Å². The smallest absolute Gasteiger partial charge is 0.345 e. The summed E-state index contributed by atoms with van der Waals surface area (Å²) in [7, 11) is 0. The van der Waals surface area contributed by atoms with Crippen LogP contribution in [-0.2, 0) is 0 Å². The van der Waals surface area contributed by atoms with E-state index < -0.39 is 5.97 Å². The fourth-order valence-electron chi connectivity index (χ4n) is 1.26. The third-order valence-corrected chi connectivity index (χ3v) is 2.38. The lowest BCUT2D eigenvalue weighted by Crippen LogP contribution is -2.08. The molecule has 0 aliphatic heterocycles. The van der Waals surface area contributed by atoms with Gasteiger partial charge in [0.25, 0.3) is 0 Å². The van der Waals surface area contributed by atoms with Crippen molar-refractivity contribution >= 4 is 17.6 Å². The van der Waals surface area contributed by atoms with E-state index in [0.29, 0.717) is 22.0 Å². The van der Waals surface area contributed by atoms with Crippen molar-refractivity contribution in [1.82, 2.24) is 4.98 Å². The molecule has 4 nitrogen and oxygen atoms in total. The molecular formula is C13H7ClN2O2. The molecule has 2 rings (SSSR count). The Balaban J connectivity index is 2.11. The molecule has 18 heavy (non-hydrogen) atoms. The Labute approximate surface area is 108 Å². The number of esters is 1. The number of nitrogens with zero attached hydrogens (tertiary/aromatic N) is 2. The number of aromatic nitrogens is 1. The molecule has 88 valence electrons.